The molecule has 0 N–H and O–H groups in total. The SMILES string of the molecule is Cc1ccccc1-c1nnc(SC(C)C(=O)/C=C2/N(C)c3ccccc3C2(C)C)o1. The van der Waals surface area contributed by atoms with Crippen molar-refractivity contribution >= 4 is 23.2 Å². The van der Waals surface area contributed by atoms with Crippen molar-refractivity contribution in [1.29, 1.82) is 0 Å². The Morgan fingerprint density at radius 2 is 1.83 bits per heavy atom. The summed E-state index contributed by atoms with van der Waals surface area (Å²) in [5, 5.41) is 8.34. The molecular formula is C24H25N3O2S. The van der Waals surface area contributed by atoms with Crippen LogP contribution in [-0.2, 0) is 10.2 Å². The predicted molar refractivity (Wildman–Crippen MR) is 121 cm³/mol. The Hall–Kier alpha value is -2.86. The fourth-order valence-electron chi connectivity index (χ4n) is 3.90. The summed E-state index contributed by atoms with van der Waals surface area (Å²) in [6.07, 6.45) is 1.76. The van der Waals surface area contributed by atoms with Crippen molar-refractivity contribution in [2.24, 2.45) is 0 Å². The van der Waals surface area contributed by atoms with Gasteiger partial charge < -0.3 is 9.32 Å². The Morgan fingerprint density at radius 1 is 1.13 bits per heavy atom. The van der Waals surface area contributed by atoms with E-state index < -0.39 is 0 Å². The number of para-hydroxylation sites is 1. The lowest BCUT2D eigenvalue weighted by Gasteiger charge is -2.24. The van der Waals surface area contributed by atoms with Crippen LogP contribution in [0.3, 0.4) is 0 Å². The van der Waals surface area contributed by atoms with E-state index in [1.807, 2.05) is 57.3 Å². The number of thioether (sulfide) groups is 1. The van der Waals surface area contributed by atoms with Gasteiger partial charge in [-0.2, -0.15) is 0 Å². The maximum atomic E-state index is 13.0. The molecule has 0 saturated heterocycles. The molecule has 1 aromatic heterocycles. The van der Waals surface area contributed by atoms with Gasteiger partial charge in [-0.15, -0.1) is 10.2 Å². The third kappa shape index (κ3) is 3.56. The lowest BCUT2D eigenvalue weighted by molar-refractivity contribution is -0.114. The number of aryl methyl sites for hydroxylation is 1. The van der Waals surface area contributed by atoms with Crippen molar-refractivity contribution in [1.82, 2.24) is 10.2 Å². The molecule has 5 nitrogen and oxygen atoms in total. The molecular weight excluding hydrogens is 394 g/mol. The minimum atomic E-state index is -0.337. The van der Waals surface area contributed by atoms with Crippen LogP contribution in [-0.4, -0.2) is 28.3 Å². The van der Waals surface area contributed by atoms with Gasteiger partial charge in [0.1, 0.15) is 0 Å². The number of hydrogen-bond acceptors (Lipinski definition) is 6. The summed E-state index contributed by atoms with van der Waals surface area (Å²) in [6.45, 7) is 8.18. The first-order valence-electron chi connectivity index (χ1n) is 9.94. The third-order valence-electron chi connectivity index (χ3n) is 5.68. The highest BCUT2D eigenvalue weighted by atomic mass is 32.2. The molecule has 0 bridgehead atoms. The predicted octanol–water partition coefficient (Wildman–Crippen LogP) is 5.41. The van der Waals surface area contributed by atoms with E-state index in [0.29, 0.717) is 11.1 Å². The monoisotopic (exact) mass is 419 g/mol. The molecule has 0 aliphatic carbocycles. The molecule has 30 heavy (non-hydrogen) atoms. The van der Waals surface area contributed by atoms with Gasteiger partial charge in [0.2, 0.25) is 5.89 Å². The van der Waals surface area contributed by atoms with E-state index in [9.17, 15) is 4.79 Å². The molecule has 2 aromatic carbocycles. The van der Waals surface area contributed by atoms with Crippen LogP contribution in [0, 0.1) is 6.92 Å². The van der Waals surface area contributed by atoms with Gasteiger partial charge in [0.05, 0.1) is 5.25 Å². The number of likely N-dealkylation sites (N-methyl/N-ethyl adjacent to an activating group) is 1. The maximum absolute atomic E-state index is 13.0. The zero-order chi connectivity index (χ0) is 21.5. The molecule has 154 valence electrons. The molecule has 3 aromatic rings. The first kappa shape index (κ1) is 20.4. The summed E-state index contributed by atoms with van der Waals surface area (Å²) < 4.78 is 5.81. The molecule has 0 fully saturated rings. The minimum absolute atomic E-state index is 0.0263. The number of carbonyl (C=O) groups is 1. The van der Waals surface area contributed by atoms with Crippen molar-refractivity contribution in [2.45, 2.75) is 43.6 Å². The maximum Gasteiger partial charge on any atom is 0.277 e. The summed E-state index contributed by atoms with van der Waals surface area (Å²) in [5.74, 6) is 0.499. The number of fused-ring (bicyclic) bond motifs is 1. The number of nitrogens with zero attached hydrogens (tertiary/aromatic N) is 3. The second-order valence-corrected chi connectivity index (χ2v) is 9.37. The molecule has 1 aliphatic rings. The zero-order valence-corrected chi connectivity index (χ0v) is 18.7. The van der Waals surface area contributed by atoms with Crippen LogP contribution < -0.4 is 4.90 Å². The van der Waals surface area contributed by atoms with Crippen LogP contribution in [0.15, 0.2) is 69.9 Å². The summed E-state index contributed by atoms with van der Waals surface area (Å²) in [6, 6.07) is 16.1. The van der Waals surface area contributed by atoms with Crippen molar-refractivity contribution in [3.8, 4) is 11.5 Å². The highest BCUT2D eigenvalue weighted by Crippen LogP contribution is 2.46. The zero-order valence-electron chi connectivity index (χ0n) is 17.8. The Bertz CT molecular complexity index is 1130. The van der Waals surface area contributed by atoms with Gasteiger partial charge in [-0.25, -0.2) is 0 Å². The Kier molecular flexibility index (Phi) is 5.28. The minimum Gasteiger partial charge on any atom is -0.411 e. The summed E-state index contributed by atoms with van der Waals surface area (Å²) in [5.41, 5.74) is 5.11. The number of carbonyl (C=O) groups excluding carboxylic acids is 1. The van der Waals surface area contributed by atoms with Gasteiger partial charge >= 0.3 is 0 Å². The summed E-state index contributed by atoms with van der Waals surface area (Å²) in [7, 11) is 2.01. The average molecular weight is 420 g/mol. The van der Waals surface area contributed by atoms with Crippen molar-refractivity contribution in [3.63, 3.8) is 0 Å². The Labute approximate surface area is 181 Å². The highest BCUT2D eigenvalue weighted by Gasteiger charge is 2.38. The van der Waals surface area contributed by atoms with Crippen molar-refractivity contribution < 1.29 is 9.21 Å². The van der Waals surface area contributed by atoms with E-state index in [2.05, 4.69) is 41.1 Å². The summed E-state index contributed by atoms with van der Waals surface area (Å²) >= 11 is 1.29. The molecule has 0 spiro atoms. The van der Waals surface area contributed by atoms with E-state index in [0.717, 1.165) is 22.5 Å². The fourth-order valence-corrected chi connectivity index (χ4v) is 4.60. The van der Waals surface area contributed by atoms with Crippen LogP contribution in [0.5, 0.6) is 0 Å². The van der Waals surface area contributed by atoms with Crippen LogP contribution in [0.25, 0.3) is 11.5 Å². The first-order valence-corrected chi connectivity index (χ1v) is 10.8. The van der Waals surface area contributed by atoms with E-state index in [1.54, 1.807) is 6.08 Å². The molecule has 1 aliphatic heterocycles. The smallest absolute Gasteiger partial charge is 0.277 e. The highest BCUT2D eigenvalue weighted by molar-refractivity contribution is 8.00. The molecule has 0 radical (unpaired) electrons. The fraction of sp³-hybridized carbons (Fsp3) is 0.292. The van der Waals surface area contributed by atoms with Gasteiger partial charge in [0.25, 0.3) is 5.22 Å². The van der Waals surface area contributed by atoms with Crippen LogP contribution in [0.1, 0.15) is 31.9 Å². The van der Waals surface area contributed by atoms with Gasteiger partial charge in [-0.05, 0) is 37.1 Å². The number of allylic oxidation sites excluding steroid dienone is 2. The molecule has 0 saturated carbocycles. The van der Waals surface area contributed by atoms with Gasteiger partial charge in [0.15, 0.2) is 5.78 Å². The van der Waals surface area contributed by atoms with E-state index in [1.165, 1.54) is 17.3 Å². The number of aromatic nitrogens is 2. The third-order valence-corrected chi connectivity index (χ3v) is 6.63. The van der Waals surface area contributed by atoms with Gasteiger partial charge in [-0.1, -0.05) is 62.0 Å². The van der Waals surface area contributed by atoms with Gasteiger partial charge in [-0.3, -0.25) is 4.79 Å². The van der Waals surface area contributed by atoms with E-state index in [-0.39, 0.29) is 16.4 Å². The second kappa shape index (κ2) is 7.76. The van der Waals surface area contributed by atoms with E-state index >= 15 is 0 Å². The van der Waals surface area contributed by atoms with Crippen LogP contribution in [0.4, 0.5) is 5.69 Å². The number of rotatable bonds is 5. The average Bonchev–Trinajstić information content (AvgIpc) is 3.26. The summed E-state index contributed by atoms with van der Waals surface area (Å²) in [4.78, 5) is 15.1. The standard InChI is InChI=1S/C24H25N3O2S/c1-15-10-6-7-11-17(15)22-25-26-23(29-22)30-16(2)20(28)14-21-24(3,4)18-12-8-9-13-19(18)27(21)5/h6-14,16H,1-5H3/b21-14+. The topological polar surface area (TPSA) is 59.2 Å². The molecule has 1 unspecified atom stereocenters. The number of benzene rings is 2. The Balaban J connectivity index is 1.52. The lowest BCUT2D eigenvalue weighted by Crippen LogP contribution is -2.25. The number of hydrogen-bond donors (Lipinski definition) is 0. The molecule has 0 amide bonds. The van der Waals surface area contributed by atoms with Crippen LogP contribution in [0.2, 0.25) is 0 Å². The van der Waals surface area contributed by atoms with Gasteiger partial charge in [0, 0.05) is 35.5 Å². The molecule has 1 atom stereocenters. The number of anilines is 1. The van der Waals surface area contributed by atoms with E-state index in [4.69, 9.17) is 4.42 Å². The first-order chi connectivity index (χ1) is 14.3. The second-order valence-electron chi connectivity index (χ2n) is 8.08. The largest absolute Gasteiger partial charge is 0.411 e. The Morgan fingerprint density at radius 3 is 2.57 bits per heavy atom. The van der Waals surface area contributed by atoms with Crippen molar-refractivity contribution in [2.75, 3.05) is 11.9 Å². The lowest BCUT2D eigenvalue weighted by atomic mass is 9.83. The molecule has 6 heteroatoms. The quantitative estimate of drug-likeness (QED) is 0.407. The molecule has 2 heterocycles. The molecule has 4 rings (SSSR count). The normalized spacial score (nSPS) is 17.2. The van der Waals surface area contributed by atoms with Crippen molar-refractivity contribution in [3.05, 3.63) is 71.4 Å². The van der Waals surface area contributed by atoms with Crippen LogP contribution >= 0.6 is 11.8 Å². The number of ketones is 1.